The summed E-state index contributed by atoms with van der Waals surface area (Å²) in [6, 6.07) is 24.6. The van der Waals surface area contributed by atoms with Crippen molar-refractivity contribution in [1.29, 1.82) is 0 Å². The van der Waals surface area contributed by atoms with Crippen LogP contribution >= 0.6 is 11.3 Å². The first kappa shape index (κ1) is 31.5. The molecule has 48 heavy (non-hydrogen) atoms. The van der Waals surface area contributed by atoms with Crippen LogP contribution in [0.15, 0.2) is 96.6 Å². The highest BCUT2D eigenvalue weighted by Gasteiger charge is 2.33. The third-order valence-electron chi connectivity index (χ3n) is 8.55. The first-order valence-electron chi connectivity index (χ1n) is 15.9. The predicted octanol–water partition coefficient (Wildman–Crippen LogP) is 5.93. The number of carbonyl (C=O) groups excluding carboxylic acids is 2. The summed E-state index contributed by atoms with van der Waals surface area (Å²) in [5, 5.41) is 5.48. The molecule has 2 saturated heterocycles. The van der Waals surface area contributed by atoms with Crippen LogP contribution in [0.4, 0.5) is 15.2 Å². The maximum Gasteiger partial charge on any atom is 0.274 e. The number of amides is 2. The molecule has 0 spiro atoms. The minimum Gasteiger partial charge on any atom is -0.487 e. The Hall–Kier alpha value is -5.07. The molecule has 2 aromatic carbocycles. The third kappa shape index (κ3) is 7.40. The van der Waals surface area contributed by atoms with E-state index in [1.807, 2.05) is 47.8 Å². The summed E-state index contributed by atoms with van der Waals surface area (Å²) in [4.78, 5) is 38.1. The molecule has 10 nitrogen and oxygen atoms in total. The fourth-order valence-corrected chi connectivity index (χ4v) is 6.84. The van der Waals surface area contributed by atoms with Crippen molar-refractivity contribution in [3.8, 4) is 5.75 Å². The minimum absolute atomic E-state index is 0.0283. The van der Waals surface area contributed by atoms with Crippen molar-refractivity contribution in [2.24, 2.45) is 0 Å². The number of nitrogens with one attached hydrogen (secondary N) is 1. The van der Waals surface area contributed by atoms with E-state index in [1.54, 1.807) is 33.9 Å². The summed E-state index contributed by atoms with van der Waals surface area (Å²) >= 11 is 1.40. The molecule has 0 bridgehead atoms. The van der Waals surface area contributed by atoms with Gasteiger partial charge in [-0.3, -0.25) is 14.9 Å². The van der Waals surface area contributed by atoms with Crippen molar-refractivity contribution in [3.63, 3.8) is 0 Å². The lowest BCUT2D eigenvalue weighted by Gasteiger charge is -2.39. The van der Waals surface area contributed by atoms with Crippen molar-refractivity contribution in [3.05, 3.63) is 125 Å². The van der Waals surface area contributed by atoms with Crippen molar-refractivity contribution in [1.82, 2.24) is 19.4 Å². The van der Waals surface area contributed by atoms with E-state index in [0.717, 1.165) is 42.1 Å². The Bertz CT molecular complexity index is 1860. The van der Waals surface area contributed by atoms with Crippen LogP contribution in [0.2, 0.25) is 0 Å². The van der Waals surface area contributed by atoms with Gasteiger partial charge in [-0.05, 0) is 72.5 Å². The van der Waals surface area contributed by atoms with Gasteiger partial charge in [0.2, 0.25) is 11.9 Å². The number of likely N-dealkylation sites (tertiary alicyclic amines) is 1. The molecule has 0 radical (unpaired) electrons. The molecule has 1 N–H and O–H groups in total. The molecule has 3 aromatic heterocycles. The second kappa shape index (κ2) is 14.4. The SMILES string of the molecule is O=C(Nc1nc([C@H]2CCCN2c2ccc(OC3CN(C(=O)COCc4ccccc4)C3)cc2)cs1)c1cccn1Cc1ccnc(F)c1. The molecule has 1 atom stereocenters. The molecular formula is C36H35FN6O4S. The monoisotopic (exact) mass is 666 g/mol. The number of rotatable bonds is 12. The summed E-state index contributed by atoms with van der Waals surface area (Å²) in [5.41, 5.74) is 4.22. The largest absolute Gasteiger partial charge is 0.487 e. The molecule has 2 fully saturated rings. The summed E-state index contributed by atoms with van der Waals surface area (Å²) in [5.74, 6) is -0.0870. The number of thiazole rings is 1. The van der Waals surface area contributed by atoms with Crippen molar-refractivity contribution >= 4 is 34.0 Å². The molecule has 0 saturated carbocycles. The van der Waals surface area contributed by atoms with E-state index in [0.29, 0.717) is 42.6 Å². The van der Waals surface area contributed by atoms with E-state index < -0.39 is 5.95 Å². The molecule has 7 rings (SSSR count). The average molecular weight is 667 g/mol. The van der Waals surface area contributed by atoms with E-state index in [9.17, 15) is 14.0 Å². The quantitative estimate of drug-likeness (QED) is 0.165. The molecule has 2 aliphatic heterocycles. The molecule has 5 aromatic rings. The van der Waals surface area contributed by atoms with Gasteiger partial charge in [-0.15, -0.1) is 11.3 Å². The zero-order valence-corrected chi connectivity index (χ0v) is 27.0. The molecule has 12 heteroatoms. The van der Waals surface area contributed by atoms with E-state index in [4.69, 9.17) is 14.5 Å². The number of ether oxygens (including phenoxy) is 2. The Morgan fingerprint density at radius 2 is 1.83 bits per heavy atom. The molecule has 5 heterocycles. The number of hydrogen-bond acceptors (Lipinski definition) is 8. The zero-order chi connectivity index (χ0) is 32.9. The molecule has 246 valence electrons. The van der Waals surface area contributed by atoms with Gasteiger partial charge in [-0.2, -0.15) is 4.39 Å². The summed E-state index contributed by atoms with van der Waals surface area (Å²) < 4.78 is 27.0. The molecule has 2 amide bonds. The Labute approximate surface area is 281 Å². The van der Waals surface area contributed by atoms with E-state index >= 15 is 0 Å². The minimum atomic E-state index is -0.553. The zero-order valence-electron chi connectivity index (χ0n) is 26.2. The van der Waals surface area contributed by atoms with Crippen LogP contribution in [0.25, 0.3) is 0 Å². The highest BCUT2D eigenvalue weighted by Crippen LogP contribution is 2.38. The standard InChI is InChI=1S/C36H35FN6O4S/c37-33-18-26(14-15-38-33)19-41-16-4-9-32(41)35(45)40-36-39-30(24-48-36)31-8-5-17-43(31)27-10-12-28(13-11-27)47-29-20-42(21-29)34(44)23-46-22-25-6-2-1-3-7-25/h1-4,6-7,9-16,18,24,29,31H,5,8,17,19-23H2,(H,39,40,45)/t31-/m1/s1. The van der Waals surface area contributed by atoms with Crippen LogP contribution < -0.4 is 15.0 Å². The van der Waals surface area contributed by atoms with E-state index in [2.05, 4.69) is 27.3 Å². The maximum absolute atomic E-state index is 13.6. The Morgan fingerprint density at radius 1 is 1.00 bits per heavy atom. The van der Waals surface area contributed by atoms with Gasteiger partial charge >= 0.3 is 0 Å². The van der Waals surface area contributed by atoms with E-state index in [1.165, 1.54) is 23.6 Å². The number of halogens is 1. The van der Waals surface area contributed by atoms with Gasteiger partial charge in [0.1, 0.15) is 24.2 Å². The normalized spacial score (nSPS) is 16.1. The number of nitrogens with zero attached hydrogens (tertiary/aromatic N) is 5. The van der Waals surface area contributed by atoms with Crippen LogP contribution in [0.5, 0.6) is 5.75 Å². The summed E-state index contributed by atoms with van der Waals surface area (Å²) in [7, 11) is 0. The average Bonchev–Trinajstić information content (AvgIpc) is 3.85. The second-order valence-electron chi connectivity index (χ2n) is 11.9. The smallest absolute Gasteiger partial charge is 0.274 e. The van der Waals surface area contributed by atoms with Crippen LogP contribution in [-0.2, 0) is 22.7 Å². The van der Waals surface area contributed by atoms with Gasteiger partial charge < -0.3 is 23.8 Å². The second-order valence-corrected chi connectivity index (χ2v) is 12.8. The number of benzene rings is 2. The summed E-state index contributed by atoms with van der Waals surface area (Å²) in [6.07, 6.45) is 5.16. The van der Waals surface area contributed by atoms with Crippen molar-refractivity contribution < 1.29 is 23.5 Å². The first-order valence-corrected chi connectivity index (χ1v) is 16.8. The van der Waals surface area contributed by atoms with Gasteiger partial charge in [0, 0.05) is 36.6 Å². The number of aromatic nitrogens is 3. The number of hydrogen-bond donors (Lipinski definition) is 1. The Balaban J connectivity index is 0.896. The van der Waals surface area contributed by atoms with Gasteiger partial charge in [0.15, 0.2) is 5.13 Å². The third-order valence-corrected chi connectivity index (χ3v) is 9.33. The highest BCUT2D eigenvalue weighted by molar-refractivity contribution is 7.14. The maximum atomic E-state index is 13.6. The molecule has 2 aliphatic rings. The van der Waals surface area contributed by atoms with Crippen molar-refractivity contribution in [2.75, 3.05) is 36.5 Å². The number of anilines is 2. The molecular weight excluding hydrogens is 631 g/mol. The van der Waals surface area contributed by atoms with E-state index in [-0.39, 0.29) is 30.6 Å². The lowest BCUT2D eigenvalue weighted by atomic mass is 10.1. The first-order chi connectivity index (χ1) is 23.5. The van der Waals surface area contributed by atoms with Gasteiger partial charge in [-0.25, -0.2) is 9.97 Å². The van der Waals surface area contributed by atoms with Crippen molar-refractivity contribution in [2.45, 2.75) is 38.1 Å². The highest BCUT2D eigenvalue weighted by atomic mass is 32.1. The van der Waals surface area contributed by atoms with Gasteiger partial charge in [0.25, 0.3) is 5.91 Å². The Morgan fingerprint density at radius 3 is 2.65 bits per heavy atom. The molecule has 0 unspecified atom stereocenters. The number of pyridine rings is 1. The molecule has 0 aliphatic carbocycles. The van der Waals surface area contributed by atoms with Gasteiger partial charge in [-0.1, -0.05) is 30.3 Å². The lowest BCUT2D eigenvalue weighted by molar-refractivity contribution is -0.145. The fourth-order valence-electron chi connectivity index (χ4n) is 6.08. The number of carbonyl (C=O) groups is 2. The topological polar surface area (TPSA) is 102 Å². The van der Waals surface area contributed by atoms with Crippen LogP contribution in [0.3, 0.4) is 0 Å². The fraction of sp³-hybridized carbons (Fsp3) is 0.278. The van der Waals surface area contributed by atoms with Crippen LogP contribution in [-0.4, -0.2) is 63.6 Å². The lowest BCUT2D eigenvalue weighted by Crippen LogP contribution is -2.57. The van der Waals surface area contributed by atoms with Crippen LogP contribution in [0.1, 0.15) is 46.2 Å². The predicted molar refractivity (Wildman–Crippen MR) is 181 cm³/mol. The Kier molecular flexibility index (Phi) is 9.43. The van der Waals surface area contributed by atoms with Crippen LogP contribution in [0, 0.1) is 5.95 Å². The summed E-state index contributed by atoms with van der Waals surface area (Å²) in [6.45, 7) is 2.82. The van der Waals surface area contributed by atoms with Gasteiger partial charge in [0.05, 0.1) is 31.4 Å².